The third-order valence-electron chi connectivity index (χ3n) is 6.33. The Balaban J connectivity index is 1.39. The summed E-state index contributed by atoms with van der Waals surface area (Å²) in [6.45, 7) is 6.90. The first-order valence-corrected chi connectivity index (χ1v) is 13.4. The summed E-state index contributed by atoms with van der Waals surface area (Å²) in [5.41, 5.74) is 3.77. The summed E-state index contributed by atoms with van der Waals surface area (Å²) in [6.07, 6.45) is 6.91. The Bertz CT molecular complexity index is 1530. The lowest BCUT2D eigenvalue weighted by Crippen LogP contribution is -2.27. The van der Waals surface area contributed by atoms with E-state index >= 15 is 0 Å². The SMILES string of the molecule is CC(C)(C)OC(=O)Nc1ccc(Nc2nc(Nc3ccc(C#N)cc3)ncc2-c2cnn(C3CCOCC3)c2)cc1. The Morgan fingerprint density at radius 1 is 1.00 bits per heavy atom. The van der Waals surface area contributed by atoms with Crippen molar-refractivity contribution in [1.82, 2.24) is 19.7 Å². The van der Waals surface area contributed by atoms with Gasteiger partial charge in [-0.05, 0) is 82.1 Å². The van der Waals surface area contributed by atoms with Crippen LogP contribution in [-0.2, 0) is 9.47 Å². The molecule has 210 valence electrons. The van der Waals surface area contributed by atoms with Crippen molar-refractivity contribution in [2.75, 3.05) is 29.2 Å². The van der Waals surface area contributed by atoms with Gasteiger partial charge in [-0.3, -0.25) is 10.00 Å². The smallest absolute Gasteiger partial charge is 0.412 e. The number of aromatic nitrogens is 4. The third kappa shape index (κ3) is 7.38. The maximum atomic E-state index is 12.1. The molecular formula is C30H32N8O3. The van der Waals surface area contributed by atoms with E-state index in [9.17, 15) is 4.79 Å². The number of nitriles is 1. The van der Waals surface area contributed by atoms with Crippen LogP contribution in [0.3, 0.4) is 0 Å². The van der Waals surface area contributed by atoms with Crippen LogP contribution in [0.15, 0.2) is 67.1 Å². The number of carbonyl (C=O) groups excluding carboxylic acids is 1. The van der Waals surface area contributed by atoms with Crippen molar-refractivity contribution in [2.45, 2.75) is 45.3 Å². The molecule has 41 heavy (non-hydrogen) atoms. The Kier molecular flexibility index (Phi) is 8.12. The van der Waals surface area contributed by atoms with Crippen LogP contribution in [0.5, 0.6) is 0 Å². The van der Waals surface area contributed by atoms with E-state index in [1.54, 1.807) is 42.6 Å². The first-order valence-electron chi connectivity index (χ1n) is 13.4. The fourth-order valence-corrected chi connectivity index (χ4v) is 4.33. The van der Waals surface area contributed by atoms with Crippen molar-refractivity contribution < 1.29 is 14.3 Å². The zero-order chi connectivity index (χ0) is 28.8. The van der Waals surface area contributed by atoms with Gasteiger partial charge < -0.3 is 20.1 Å². The summed E-state index contributed by atoms with van der Waals surface area (Å²) < 4.78 is 12.8. The van der Waals surface area contributed by atoms with Crippen LogP contribution in [-0.4, -0.2) is 44.7 Å². The standard InChI is InChI=1S/C30H32N8O3/c1-30(2,3)41-29(39)36-24-10-8-22(9-11-24)34-27-26(21-17-33-38(19-21)25-12-14-40-15-13-25)18-32-28(37-27)35-23-6-4-20(16-31)5-7-23/h4-11,17-19,25H,12-15H2,1-3H3,(H,36,39)(H2,32,34,35,37). The Hall–Kier alpha value is -4.95. The lowest BCUT2D eigenvalue weighted by Gasteiger charge is -2.22. The first kappa shape index (κ1) is 27.6. The number of rotatable bonds is 7. The quantitative estimate of drug-likeness (QED) is 0.238. The van der Waals surface area contributed by atoms with E-state index in [-0.39, 0.29) is 6.04 Å². The third-order valence-corrected chi connectivity index (χ3v) is 6.33. The van der Waals surface area contributed by atoms with Gasteiger partial charge in [-0.15, -0.1) is 0 Å². The van der Waals surface area contributed by atoms with Gasteiger partial charge in [-0.25, -0.2) is 9.78 Å². The highest BCUT2D eigenvalue weighted by atomic mass is 16.6. The molecule has 11 nitrogen and oxygen atoms in total. The topological polar surface area (TPSA) is 139 Å². The highest BCUT2D eigenvalue weighted by Crippen LogP contribution is 2.31. The van der Waals surface area contributed by atoms with Gasteiger partial charge in [0.1, 0.15) is 11.4 Å². The van der Waals surface area contributed by atoms with E-state index in [0.29, 0.717) is 23.0 Å². The molecule has 4 aromatic rings. The van der Waals surface area contributed by atoms with E-state index in [0.717, 1.165) is 48.6 Å². The number of hydrogen-bond acceptors (Lipinski definition) is 9. The van der Waals surface area contributed by atoms with Gasteiger partial charge in [0, 0.05) is 53.8 Å². The van der Waals surface area contributed by atoms with Crippen LogP contribution < -0.4 is 16.0 Å². The van der Waals surface area contributed by atoms with Crippen molar-refractivity contribution in [1.29, 1.82) is 5.26 Å². The predicted octanol–water partition coefficient (Wildman–Crippen LogP) is 6.40. The second-order valence-corrected chi connectivity index (χ2v) is 10.7. The summed E-state index contributed by atoms with van der Waals surface area (Å²) >= 11 is 0. The number of amides is 1. The van der Waals surface area contributed by atoms with Crippen LogP contribution in [0.2, 0.25) is 0 Å². The minimum Gasteiger partial charge on any atom is -0.444 e. The monoisotopic (exact) mass is 552 g/mol. The molecule has 1 saturated heterocycles. The van der Waals surface area contributed by atoms with Crippen LogP contribution in [0, 0.1) is 11.3 Å². The molecule has 0 atom stereocenters. The van der Waals surface area contributed by atoms with Gasteiger partial charge in [-0.1, -0.05) is 0 Å². The number of hydrogen-bond donors (Lipinski definition) is 3. The maximum absolute atomic E-state index is 12.1. The number of ether oxygens (including phenoxy) is 2. The maximum Gasteiger partial charge on any atom is 0.412 e. The van der Waals surface area contributed by atoms with Gasteiger partial charge in [0.15, 0.2) is 0 Å². The zero-order valence-corrected chi connectivity index (χ0v) is 23.2. The van der Waals surface area contributed by atoms with Crippen LogP contribution >= 0.6 is 0 Å². The van der Waals surface area contributed by atoms with Gasteiger partial charge in [-0.2, -0.15) is 15.3 Å². The molecule has 0 aliphatic carbocycles. The molecule has 11 heteroatoms. The number of carbonyl (C=O) groups is 1. The molecular weight excluding hydrogens is 520 g/mol. The molecule has 2 aromatic carbocycles. The molecule has 1 fully saturated rings. The lowest BCUT2D eigenvalue weighted by molar-refractivity contribution is 0.0635. The molecule has 1 amide bonds. The summed E-state index contributed by atoms with van der Waals surface area (Å²) in [5.74, 6) is 0.969. The Labute approximate surface area is 238 Å². The number of anilines is 5. The van der Waals surface area contributed by atoms with Crippen LogP contribution in [0.25, 0.3) is 11.1 Å². The molecule has 1 aliphatic heterocycles. The summed E-state index contributed by atoms with van der Waals surface area (Å²) in [6, 6.07) is 16.7. The average Bonchev–Trinajstić information content (AvgIpc) is 3.44. The Morgan fingerprint density at radius 2 is 1.66 bits per heavy atom. The normalized spacial score (nSPS) is 13.7. The highest BCUT2D eigenvalue weighted by molar-refractivity contribution is 5.85. The molecule has 0 bridgehead atoms. The first-order chi connectivity index (χ1) is 19.8. The van der Waals surface area contributed by atoms with Crippen molar-refractivity contribution in [3.8, 4) is 17.2 Å². The van der Waals surface area contributed by atoms with Crippen molar-refractivity contribution in [3.63, 3.8) is 0 Å². The van der Waals surface area contributed by atoms with Gasteiger partial charge in [0.2, 0.25) is 5.95 Å². The second-order valence-electron chi connectivity index (χ2n) is 10.7. The average molecular weight is 553 g/mol. The van der Waals surface area contributed by atoms with E-state index in [2.05, 4.69) is 32.1 Å². The molecule has 0 saturated carbocycles. The van der Waals surface area contributed by atoms with Gasteiger partial charge in [0.05, 0.1) is 23.9 Å². The van der Waals surface area contributed by atoms with Crippen LogP contribution in [0.1, 0.15) is 45.2 Å². The number of nitrogens with one attached hydrogen (secondary N) is 3. The molecule has 3 N–H and O–H groups in total. The van der Waals surface area contributed by atoms with E-state index < -0.39 is 11.7 Å². The number of nitrogens with zero attached hydrogens (tertiary/aromatic N) is 5. The zero-order valence-electron chi connectivity index (χ0n) is 23.2. The minimum atomic E-state index is -0.586. The summed E-state index contributed by atoms with van der Waals surface area (Å²) in [7, 11) is 0. The van der Waals surface area contributed by atoms with Gasteiger partial charge >= 0.3 is 6.09 Å². The summed E-state index contributed by atoms with van der Waals surface area (Å²) in [5, 5.41) is 23.0. The van der Waals surface area contributed by atoms with Crippen molar-refractivity contribution in [2.24, 2.45) is 0 Å². The van der Waals surface area contributed by atoms with E-state index in [4.69, 9.17) is 19.7 Å². The van der Waals surface area contributed by atoms with Crippen molar-refractivity contribution in [3.05, 3.63) is 72.7 Å². The molecule has 0 spiro atoms. The minimum absolute atomic E-state index is 0.289. The highest BCUT2D eigenvalue weighted by Gasteiger charge is 2.19. The molecule has 0 radical (unpaired) electrons. The lowest BCUT2D eigenvalue weighted by atomic mass is 10.1. The summed E-state index contributed by atoms with van der Waals surface area (Å²) in [4.78, 5) is 21.5. The molecule has 0 unspecified atom stereocenters. The van der Waals surface area contributed by atoms with Crippen molar-refractivity contribution >= 4 is 34.9 Å². The predicted molar refractivity (Wildman–Crippen MR) is 156 cm³/mol. The number of benzene rings is 2. The largest absolute Gasteiger partial charge is 0.444 e. The fourth-order valence-electron chi connectivity index (χ4n) is 4.33. The molecule has 1 aliphatic rings. The van der Waals surface area contributed by atoms with E-state index in [1.807, 2.05) is 50.0 Å². The van der Waals surface area contributed by atoms with Gasteiger partial charge in [0.25, 0.3) is 0 Å². The van der Waals surface area contributed by atoms with Crippen LogP contribution in [0.4, 0.5) is 33.6 Å². The molecule has 2 aromatic heterocycles. The molecule has 3 heterocycles. The fraction of sp³-hybridized carbons (Fsp3) is 0.300. The van der Waals surface area contributed by atoms with E-state index in [1.165, 1.54) is 0 Å². The second kappa shape index (κ2) is 12.1. The molecule has 5 rings (SSSR count). The Morgan fingerprint density at radius 3 is 2.34 bits per heavy atom.